The van der Waals surface area contributed by atoms with Gasteiger partial charge in [-0.3, -0.25) is 4.72 Å². The Labute approximate surface area is 206 Å². The lowest BCUT2D eigenvalue weighted by molar-refractivity contribution is 0.306. The number of aryl methyl sites for hydroxylation is 1. The number of nitrogens with one attached hydrogen (secondary N) is 2. The normalized spacial score (nSPS) is 13.6. The largest absolute Gasteiger partial charge is 0.489 e. The minimum atomic E-state index is -3.35. The number of rotatable bonds is 10. The van der Waals surface area contributed by atoms with Crippen molar-refractivity contribution in [1.82, 2.24) is 4.57 Å². The lowest BCUT2D eigenvalue weighted by Gasteiger charge is -2.13. The number of hydrogen-bond donors (Lipinski definition) is 2. The molecule has 1 fully saturated rings. The van der Waals surface area contributed by atoms with E-state index in [4.69, 9.17) is 10.1 Å². The van der Waals surface area contributed by atoms with Crippen molar-refractivity contribution in [3.05, 3.63) is 83.9 Å². The molecule has 1 aliphatic rings. The predicted octanol–water partition coefficient (Wildman–Crippen LogP) is 6.20. The van der Waals surface area contributed by atoms with E-state index in [1.165, 1.54) is 6.21 Å². The molecule has 0 saturated heterocycles. The van der Waals surface area contributed by atoms with Crippen LogP contribution in [0.4, 0.5) is 5.69 Å². The second-order valence-corrected chi connectivity index (χ2v) is 10.9. The molecule has 2 N–H and O–H groups in total. The zero-order valence-electron chi connectivity index (χ0n) is 19.7. The van der Waals surface area contributed by atoms with Crippen LogP contribution in [0.2, 0.25) is 0 Å². The Morgan fingerprint density at radius 3 is 2.57 bits per heavy atom. The van der Waals surface area contributed by atoms with Crippen LogP contribution >= 0.6 is 0 Å². The van der Waals surface area contributed by atoms with E-state index in [0.29, 0.717) is 25.1 Å². The molecule has 1 aliphatic carbocycles. The van der Waals surface area contributed by atoms with E-state index < -0.39 is 10.0 Å². The van der Waals surface area contributed by atoms with Crippen molar-refractivity contribution >= 4 is 32.8 Å². The van der Waals surface area contributed by atoms with Gasteiger partial charge in [-0.25, -0.2) is 8.42 Å². The summed E-state index contributed by atoms with van der Waals surface area (Å²) in [6.07, 6.45) is 3.74. The van der Waals surface area contributed by atoms with E-state index in [1.54, 1.807) is 6.07 Å². The van der Waals surface area contributed by atoms with Gasteiger partial charge in [0.2, 0.25) is 10.0 Å². The molecule has 1 aromatic heterocycles. The molecule has 5 rings (SSSR count). The molecule has 0 spiro atoms. The molecule has 180 valence electrons. The second kappa shape index (κ2) is 9.58. The second-order valence-electron chi connectivity index (χ2n) is 8.94. The molecule has 6 nitrogen and oxygen atoms in total. The van der Waals surface area contributed by atoms with Crippen molar-refractivity contribution < 1.29 is 13.2 Å². The SMILES string of the molecule is CCCn1c(-c2cccc(NS(=O)(=O)C3CC3)c2)c(C=N)c2cc(OCc3ccccc3)ccc21. The van der Waals surface area contributed by atoms with Crippen molar-refractivity contribution in [2.75, 3.05) is 4.72 Å². The summed E-state index contributed by atoms with van der Waals surface area (Å²) in [6, 6.07) is 23.5. The van der Waals surface area contributed by atoms with Crippen LogP contribution in [-0.4, -0.2) is 24.4 Å². The van der Waals surface area contributed by atoms with Crippen LogP contribution in [0.15, 0.2) is 72.8 Å². The molecular formula is C28H29N3O3S. The molecule has 0 amide bonds. The molecule has 0 radical (unpaired) electrons. The van der Waals surface area contributed by atoms with Crippen molar-refractivity contribution in [3.8, 4) is 17.0 Å². The van der Waals surface area contributed by atoms with Gasteiger partial charge in [0.05, 0.1) is 10.9 Å². The van der Waals surface area contributed by atoms with Crippen molar-refractivity contribution in [3.63, 3.8) is 0 Å². The lowest BCUT2D eigenvalue weighted by atomic mass is 10.1. The first-order chi connectivity index (χ1) is 17.0. The standard InChI is InChI=1S/C28H29N3O3S/c1-2-15-31-27-14-11-23(34-19-20-7-4-3-5-8-20)17-25(27)26(18-29)28(31)21-9-6-10-22(16-21)30-35(32,33)24-12-13-24/h3-11,14,16-18,24,29-30H,2,12-13,15,19H2,1H3. The molecule has 0 atom stereocenters. The molecule has 7 heteroatoms. The van der Waals surface area contributed by atoms with Crippen LogP contribution < -0.4 is 9.46 Å². The summed E-state index contributed by atoms with van der Waals surface area (Å²) < 4.78 is 36.0. The smallest absolute Gasteiger partial charge is 0.235 e. The van der Waals surface area contributed by atoms with Gasteiger partial charge in [0, 0.05) is 40.5 Å². The van der Waals surface area contributed by atoms with Gasteiger partial charge < -0.3 is 14.7 Å². The van der Waals surface area contributed by atoms with E-state index in [-0.39, 0.29) is 5.25 Å². The van der Waals surface area contributed by atoms with E-state index >= 15 is 0 Å². The first-order valence-corrected chi connectivity index (χ1v) is 13.5. The van der Waals surface area contributed by atoms with Crippen LogP contribution in [0, 0.1) is 5.41 Å². The van der Waals surface area contributed by atoms with E-state index in [2.05, 4.69) is 16.2 Å². The van der Waals surface area contributed by atoms with E-state index in [9.17, 15) is 8.42 Å². The van der Waals surface area contributed by atoms with Gasteiger partial charge in [-0.2, -0.15) is 0 Å². The van der Waals surface area contributed by atoms with E-state index in [0.717, 1.165) is 52.0 Å². The molecule has 1 saturated carbocycles. The number of fused-ring (bicyclic) bond motifs is 1. The third kappa shape index (κ3) is 4.82. The maximum absolute atomic E-state index is 12.5. The van der Waals surface area contributed by atoms with Crippen molar-refractivity contribution in [2.45, 2.75) is 44.6 Å². The van der Waals surface area contributed by atoms with E-state index in [1.807, 2.05) is 66.7 Å². The third-order valence-electron chi connectivity index (χ3n) is 6.27. The Bertz CT molecular complexity index is 1470. The molecule has 0 unspecified atom stereocenters. The summed E-state index contributed by atoms with van der Waals surface area (Å²) in [5, 5.41) is 8.89. The zero-order chi connectivity index (χ0) is 24.4. The van der Waals surface area contributed by atoms with Gasteiger partial charge in [-0.15, -0.1) is 0 Å². The number of nitrogens with zero attached hydrogens (tertiary/aromatic N) is 1. The maximum Gasteiger partial charge on any atom is 0.235 e. The highest BCUT2D eigenvalue weighted by Gasteiger charge is 2.35. The number of ether oxygens (including phenoxy) is 1. The summed E-state index contributed by atoms with van der Waals surface area (Å²) in [6.45, 7) is 3.37. The molecular weight excluding hydrogens is 458 g/mol. The molecule has 35 heavy (non-hydrogen) atoms. The van der Waals surface area contributed by atoms with Gasteiger partial charge in [0.25, 0.3) is 0 Å². The summed E-state index contributed by atoms with van der Waals surface area (Å²) in [7, 11) is -3.35. The van der Waals surface area contributed by atoms with Crippen LogP contribution in [0.25, 0.3) is 22.2 Å². The lowest BCUT2D eigenvalue weighted by Crippen LogP contribution is -2.17. The number of sulfonamides is 1. The summed E-state index contributed by atoms with van der Waals surface area (Å²) >= 11 is 0. The van der Waals surface area contributed by atoms with Gasteiger partial charge in [-0.05, 0) is 55.2 Å². The molecule has 1 heterocycles. The molecule has 0 aliphatic heterocycles. The molecule has 4 aromatic rings. The Kier molecular flexibility index (Phi) is 6.34. The Morgan fingerprint density at radius 2 is 1.86 bits per heavy atom. The highest BCUT2D eigenvalue weighted by Crippen LogP contribution is 2.37. The van der Waals surface area contributed by atoms with Crippen LogP contribution in [0.3, 0.4) is 0 Å². The summed E-state index contributed by atoms with van der Waals surface area (Å²) in [5.74, 6) is 0.746. The topological polar surface area (TPSA) is 84.2 Å². The third-order valence-corrected chi connectivity index (χ3v) is 8.14. The fourth-order valence-electron chi connectivity index (χ4n) is 4.46. The van der Waals surface area contributed by atoms with Crippen molar-refractivity contribution in [2.24, 2.45) is 0 Å². The molecule has 3 aromatic carbocycles. The minimum absolute atomic E-state index is 0.288. The van der Waals surface area contributed by atoms with Gasteiger partial charge in [0.1, 0.15) is 12.4 Å². The number of anilines is 1. The Morgan fingerprint density at radius 1 is 1.06 bits per heavy atom. The highest BCUT2D eigenvalue weighted by molar-refractivity contribution is 7.93. The number of hydrogen-bond acceptors (Lipinski definition) is 4. The number of benzene rings is 3. The quantitative estimate of drug-likeness (QED) is 0.261. The van der Waals surface area contributed by atoms with Crippen LogP contribution in [0.5, 0.6) is 5.75 Å². The number of aromatic nitrogens is 1. The van der Waals surface area contributed by atoms with Crippen LogP contribution in [-0.2, 0) is 23.2 Å². The summed E-state index contributed by atoms with van der Waals surface area (Å²) in [5.41, 5.74) is 5.23. The summed E-state index contributed by atoms with van der Waals surface area (Å²) in [4.78, 5) is 0. The first kappa shape index (κ1) is 23.2. The van der Waals surface area contributed by atoms with Crippen molar-refractivity contribution in [1.29, 1.82) is 5.41 Å². The zero-order valence-corrected chi connectivity index (χ0v) is 20.5. The predicted molar refractivity (Wildman–Crippen MR) is 142 cm³/mol. The van der Waals surface area contributed by atoms with Gasteiger partial charge >= 0.3 is 0 Å². The maximum atomic E-state index is 12.5. The Hall–Kier alpha value is -3.58. The molecule has 0 bridgehead atoms. The fraction of sp³-hybridized carbons (Fsp3) is 0.250. The Balaban J connectivity index is 1.55. The van der Waals surface area contributed by atoms with Gasteiger partial charge in [-0.1, -0.05) is 49.4 Å². The first-order valence-electron chi connectivity index (χ1n) is 12.0. The van der Waals surface area contributed by atoms with Crippen LogP contribution in [0.1, 0.15) is 37.3 Å². The highest BCUT2D eigenvalue weighted by atomic mass is 32.2. The fourth-order valence-corrected chi connectivity index (χ4v) is 5.84. The average Bonchev–Trinajstić information content (AvgIpc) is 3.68. The average molecular weight is 488 g/mol. The monoisotopic (exact) mass is 487 g/mol. The minimum Gasteiger partial charge on any atom is -0.489 e. The van der Waals surface area contributed by atoms with Gasteiger partial charge in [0.15, 0.2) is 0 Å².